The Hall–Kier alpha value is -1.22. The van der Waals surface area contributed by atoms with Crippen LogP contribution in [0.15, 0.2) is 24.0 Å². The fraction of sp³-hybridized carbons (Fsp3) is 0.273. The number of carbonyl (C=O) groups is 1. The van der Waals surface area contributed by atoms with Crippen LogP contribution in [0.25, 0.3) is 6.08 Å². The fourth-order valence-electron chi connectivity index (χ4n) is 0.931. The second-order valence-electron chi connectivity index (χ2n) is 4.33. The summed E-state index contributed by atoms with van der Waals surface area (Å²) in [5.74, 6) is 0. The van der Waals surface area contributed by atoms with Gasteiger partial charge in [0.05, 0.1) is 8.07 Å². The lowest BCUT2D eigenvalue weighted by molar-refractivity contribution is 0.111. The first-order chi connectivity index (χ1) is 6.51. The third-order valence-corrected chi connectivity index (χ3v) is 2.87. The average Bonchev–Trinajstić information content (AvgIpc) is 2.14. The third-order valence-electron chi connectivity index (χ3n) is 1.71. The minimum absolute atomic E-state index is 0.482. The van der Waals surface area contributed by atoms with Crippen molar-refractivity contribution >= 4 is 20.4 Å². The van der Waals surface area contributed by atoms with Gasteiger partial charge in [0.15, 0.2) is 6.29 Å². The molecule has 2 nitrogen and oxygen atoms in total. The van der Waals surface area contributed by atoms with Crippen molar-refractivity contribution in [3.63, 3.8) is 0 Å². The zero-order valence-corrected chi connectivity index (χ0v) is 9.82. The highest BCUT2D eigenvalue weighted by atomic mass is 28.3. The summed E-state index contributed by atoms with van der Waals surface area (Å²) in [5, 5.41) is 0. The zero-order valence-electron chi connectivity index (χ0n) is 8.82. The summed E-state index contributed by atoms with van der Waals surface area (Å²) in [5.41, 5.74) is 3.79. The number of carbonyl (C=O) groups excluding carboxylic acids is 1. The summed E-state index contributed by atoms with van der Waals surface area (Å²) >= 11 is 0. The molecule has 0 aliphatic rings. The normalized spacial score (nSPS) is 11.9. The fourth-order valence-corrected chi connectivity index (χ4v) is 1.62. The van der Waals surface area contributed by atoms with Crippen LogP contribution in [0, 0.1) is 0 Å². The van der Waals surface area contributed by atoms with Gasteiger partial charge in [0.25, 0.3) is 0 Å². The van der Waals surface area contributed by atoms with E-state index in [0.717, 1.165) is 11.8 Å². The van der Waals surface area contributed by atoms with Gasteiger partial charge < -0.3 is 0 Å². The van der Waals surface area contributed by atoms with E-state index in [1.165, 1.54) is 0 Å². The van der Waals surface area contributed by atoms with Crippen LogP contribution in [0.5, 0.6) is 0 Å². The van der Waals surface area contributed by atoms with Crippen LogP contribution in [-0.2, 0) is 0 Å². The number of aldehydes is 1. The van der Waals surface area contributed by atoms with E-state index in [-0.39, 0.29) is 0 Å². The van der Waals surface area contributed by atoms with Crippen LogP contribution >= 0.6 is 0 Å². The molecule has 0 radical (unpaired) electrons. The molecule has 74 valence electrons. The molecule has 0 fully saturated rings. The van der Waals surface area contributed by atoms with E-state index in [9.17, 15) is 4.79 Å². The first-order valence-electron chi connectivity index (χ1n) is 4.62. The van der Waals surface area contributed by atoms with Crippen molar-refractivity contribution in [3.05, 3.63) is 35.3 Å². The van der Waals surface area contributed by atoms with E-state index in [1.54, 1.807) is 12.3 Å². The number of aromatic nitrogens is 1. The molecule has 1 heterocycles. The Morgan fingerprint density at radius 3 is 2.43 bits per heavy atom. The largest absolute Gasteiger partial charge is 0.296 e. The molecule has 0 aliphatic carbocycles. The minimum Gasteiger partial charge on any atom is -0.296 e. The summed E-state index contributed by atoms with van der Waals surface area (Å²) in [6, 6.07) is 3.64. The van der Waals surface area contributed by atoms with Gasteiger partial charge in [-0.25, -0.2) is 0 Å². The van der Waals surface area contributed by atoms with Crippen LogP contribution in [0.2, 0.25) is 19.6 Å². The number of pyridine rings is 1. The Bertz CT molecular complexity index is 335. The second-order valence-corrected chi connectivity index (χ2v) is 9.40. The molecule has 0 amide bonds. The second kappa shape index (κ2) is 4.33. The lowest BCUT2D eigenvalue weighted by Crippen LogP contribution is -2.15. The van der Waals surface area contributed by atoms with Gasteiger partial charge in [0.1, 0.15) is 5.69 Å². The maximum atomic E-state index is 10.4. The van der Waals surface area contributed by atoms with Crippen LogP contribution in [0.1, 0.15) is 16.1 Å². The molecule has 3 heteroatoms. The van der Waals surface area contributed by atoms with Crippen LogP contribution in [0.4, 0.5) is 0 Å². The van der Waals surface area contributed by atoms with Gasteiger partial charge in [0, 0.05) is 6.20 Å². The molecule has 0 N–H and O–H groups in total. The maximum absolute atomic E-state index is 10.4. The zero-order chi connectivity index (χ0) is 10.6. The molecule has 0 saturated heterocycles. The Morgan fingerprint density at radius 1 is 1.29 bits per heavy atom. The van der Waals surface area contributed by atoms with E-state index >= 15 is 0 Å². The van der Waals surface area contributed by atoms with E-state index in [4.69, 9.17) is 0 Å². The molecule has 1 aromatic heterocycles. The average molecular weight is 205 g/mol. The first kappa shape index (κ1) is 10.9. The topological polar surface area (TPSA) is 30.0 Å². The standard InChI is InChI=1S/C11H15NOSi/c1-14(2,3)7-6-10-4-5-11(9-13)12-8-10/h4-9H,1-3H3. The summed E-state index contributed by atoms with van der Waals surface area (Å²) in [6.07, 6.45) is 4.56. The molecule has 0 bridgehead atoms. The number of rotatable bonds is 3. The van der Waals surface area contributed by atoms with Crippen LogP contribution in [-0.4, -0.2) is 19.3 Å². The summed E-state index contributed by atoms with van der Waals surface area (Å²) < 4.78 is 0. The van der Waals surface area contributed by atoms with Crippen molar-refractivity contribution in [2.24, 2.45) is 0 Å². The third kappa shape index (κ3) is 3.66. The van der Waals surface area contributed by atoms with Crippen LogP contribution < -0.4 is 0 Å². The van der Waals surface area contributed by atoms with Gasteiger partial charge >= 0.3 is 0 Å². The van der Waals surface area contributed by atoms with Gasteiger partial charge in [-0.05, 0) is 11.6 Å². The van der Waals surface area contributed by atoms with Gasteiger partial charge in [0.2, 0.25) is 0 Å². The van der Waals surface area contributed by atoms with E-state index < -0.39 is 8.07 Å². The highest BCUT2D eigenvalue weighted by Crippen LogP contribution is 2.07. The molecule has 0 atom stereocenters. The van der Waals surface area contributed by atoms with Gasteiger partial charge in [-0.3, -0.25) is 9.78 Å². The number of hydrogen-bond donors (Lipinski definition) is 0. The Kier molecular flexibility index (Phi) is 3.36. The predicted octanol–water partition coefficient (Wildman–Crippen LogP) is 2.78. The molecule has 14 heavy (non-hydrogen) atoms. The molecular weight excluding hydrogens is 190 g/mol. The van der Waals surface area contributed by atoms with Crippen molar-refractivity contribution in [1.29, 1.82) is 0 Å². The number of hydrogen-bond acceptors (Lipinski definition) is 2. The van der Waals surface area contributed by atoms with Crippen molar-refractivity contribution in [1.82, 2.24) is 4.98 Å². The van der Waals surface area contributed by atoms with Crippen LogP contribution in [0.3, 0.4) is 0 Å². The summed E-state index contributed by atoms with van der Waals surface area (Å²) in [6.45, 7) is 6.82. The van der Waals surface area contributed by atoms with E-state index in [1.807, 2.05) is 6.07 Å². The lowest BCUT2D eigenvalue weighted by atomic mass is 10.2. The molecule has 0 spiro atoms. The molecular formula is C11H15NOSi. The highest BCUT2D eigenvalue weighted by molar-refractivity contribution is 6.81. The monoisotopic (exact) mass is 205 g/mol. The summed E-state index contributed by atoms with van der Waals surface area (Å²) in [7, 11) is -1.14. The van der Waals surface area contributed by atoms with Gasteiger partial charge in [-0.1, -0.05) is 37.5 Å². The van der Waals surface area contributed by atoms with Crippen molar-refractivity contribution in [2.75, 3.05) is 0 Å². The Morgan fingerprint density at radius 2 is 2.00 bits per heavy atom. The molecule has 0 aromatic carbocycles. The summed E-state index contributed by atoms with van der Waals surface area (Å²) in [4.78, 5) is 14.4. The molecule has 0 aliphatic heterocycles. The smallest absolute Gasteiger partial charge is 0.168 e. The molecule has 0 unspecified atom stereocenters. The Labute approximate surface area is 85.7 Å². The molecule has 1 rings (SSSR count). The SMILES string of the molecule is C[Si](C)(C)C=Cc1ccc(C=O)nc1. The molecule has 1 aromatic rings. The molecule has 0 saturated carbocycles. The van der Waals surface area contributed by atoms with Crippen molar-refractivity contribution < 1.29 is 4.79 Å². The number of nitrogens with zero attached hydrogens (tertiary/aromatic N) is 1. The first-order valence-corrected chi connectivity index (χ1v) is 8.19. The Balaban J connectivity index is 2.78. The van der Waals surface area contributed by atoms with Gasteiger partial charge in [-0.15, -0.1) is 0 Å². The maximum Gasteiger partial charge on any atom is 0.168 e. The van der Waals surface area contributed by atoms with Crippen molar-refractivity contribution in [3.8, 4) is 0 Å². The van der Waals surface area contributed by atoms with E-state index in [0.29, 0.717) is 5.69 Å². The van der Waals surface area contributed by atoms with Gasteiger partial charge in [-0.2, -0.15) is 0 Å². The highest BCUT2D eigenvalue weighted by Gasteiger charge is 2.06. The quantitative estimate of drug-likeness (QED) is 0.561. The minimum atomic E-state index is -1.14. The van der Waals surface area contributed by atoms with E-state index in [2.05, 4.69) is 36.4 Å². The lowest BCUT2D eigenvalue weighted by Gasteiger charge is -2.07. The predicted molar refractivity (Wildman–Crippen MR) is 62.0 cm³/mol. The van der Waals surface area contributed by atoms with Crippen molar-refractivity contribution in [2.45, 2.75) is 19.6 Å².